The molecule has 0 amide bonds. The fraction of sp³-hybridized carbons (Fsp3) is 0.400. The number of benzene rings is 1. The maximum absolute atomic E-state index is 5.75. The summed E-state index contributed by atoms with van der Waals surface area (Å²) in [6, 6.07) is 11.9. The van der Waals surface area contributed by atoms with Crippen LogP contribution in [0.2, 0.25) is 0 Å². The minimum atomic E-state index is -0.315. The average molecular weight is 303 g/mol. The molecular weight excluding hydrogens is 285 g/mol. The number of hydrogen-bond acceptors (Lipinski definition) is 5. The summed E-state index contributed by atoms with van der Waals surface area (Å²) < 4.78 is 22.4. The first kappa shape index (κ1) is 14.6. The van der Waals surface area contributed by atoms with Gasteiger partial charge in [0.15, 0.2) is 0 Å². The molecule has 0 bridgehead atoms. The summed E-state index contributed by atoms with van der Waals surface area (Å²) in [6.07, 6.45) is 0. The summed E-state index contributed by atoms with van der Waals surface area (Å²) in [6.45, 7) is 6.16. The van der Waals surface area contributed by atoms with Gasteiger partial charge < -0.3 is 14.0 Å². The molecule has 2 heterocycles. The van der Waals surface area contributed by atoms with Crippen molar-refractivity contribution < 1.29 is 14.0 Å². The van der Waals surface area contributed by atoms with Crippen LogP contribution in [0.15, 0.2) is 36.4 Å². The second-order valence-corrected chi connectivity index (χ2v) is 6.80. The van der Waals surface area contributed by atoms with Gasteiger partial charge in [-0.25, -0.2) is 0 Å². The van der Waals surface area contributed by atoms with Gasteiger partial charge in [-0.05, 0) is 17.1 Å². The normalized spacial score (nSPS) is 17.7. The Morgan fingerprint density at radius 1 is 1.24 bits per heavy atom. The van der Waals surface area contributed by atoms with Crippen LogP contribution in [-0.2, 0) is 15.9 Å². The van der Waals surface area contributed by atoms with Crippen LogP contribution >= 0.6 is 11.5 Å². The molecule has 1 aliphatic rings. The van der Waals surface area contributed by atoms with E-state index >= 15 is 0 Å². The monoisotopic (exact) mass is 303 g/mol. The average Bonchev–Trinajstić information content (AvgIpc) is 2.95. The van der Waals surface area contributed by atoms with E-state index in [1.807, 2.05) is 36.4 Å². The molecule has 3 rings (SSSR count). The first-order valence-electron chi connectivity index (χ1n) is 6.99. The van der Waals surface area contributed by atoms with Gasteiger partial charge in [-0.1, -0.05) is 44.2 Å². The molecule has 110 valence electrons. The molecule has 0 spiro atoms. The van der Waals surface area contributed by atoms with Crippen molar-refractivity contribution >= 4 is 23.4 Å². The summed E-state index contributed by atoms with van der Waals surface area (Å²) in [4.78, 5) is 0. The third kappa shape index (κ3) is 3.84. The molecule has 1 aromatic carbocycles. The molecule has 0 aliphatic carbocycles. The maximum Gasteiger partial charge on any atom is 0.506 e. The van der Waals surface area contributed by atoms with Crippen molar-refractivity contribution in [3.63, 3.8) is 0 Å². The Morgan fingerprint density at radius 2 is 1.95 bits per heavy atom. The number of hydrogen-bond donors (Lipinski definition) is 0. The van der Waals surface area contributed by atoms with E-state index in [0.717, 1.165) is 10.3 Å². The Kier molecular flexibility index (Phi) is 4.28. The summed E-state index contributed by atoms with van der Waals surface area (Å²) in [5.74, 6) is 0.621. The molecule has 1 fully saturated rings. The molecule has 0 unspecified atom stereocenters. The van der Waals surface area contributed by atoms with E-state index in [0.29, 0.717) is 25.7 Å². The highest BCUT2D eigenvalue weighted by Crippen LogP contribution is 2.22. The first-order chi connectivity index (χ1) is 10.1. The lowest BCUT2D eigenvalue weighted by molar-refractivity contribution is 0.0346. The molecular formula is C15H18BNO3S. The maximum atomic E-state index is 5.75. The third-order valence-electron chi connectivity index (χ3n) is 3.22. The van der Waals surface area contributed by atoms with Gasteiger partial charge in [0.05, 0.1) is 4.78 Å². The zero-order valence-electron chi connectivity index (χ0n) is 12.2. The lowest BCUT2D eigenvalue weighted by Gasteiger charge is -2.32. The zero-order chi connectivity index (χ0) is 14.7. The van der Waals surface area contributed by atoms with Crippen molar-refractivity contribution in [2.75, 3.05) is 13.2 Å². The molecule has 1 aliphatic heterocycles. The van der Waals surface area contributed by atoms with Gasteiger partial charge >= 0.3 is 7.12 Å². The second kappa shape index (κ2) is 6.18. The van der Waals surface area contributed by atoms with Crippen LogP contribution in [0, 0.1) is 5.41 Å². The molecule has 6 heteroatoms. The molecule has 4 nitrogen and oxygen atoms in total. The summed E-state index contributed by atoms with van der Waals surface area (Å²) in [5, 5.41) is 0. The van der Waals surface area contributed by atoms with Crippen LogP contribution in [0.25, 0.3) is 0 Å². The highest BCUT2D eigenvalue weighted by Gasteiger charge is 2.34. The molecule has 0 atom stereocenters. The SMILES string of the molecule is CC1(C)COB(c2cc(OCc3ccccc3)ns2)OC1. The van der Waals surface area contributed by atoms with Crippen LogP contribution in [0.1, 0.15) is 19.4 Å². The van der Waals surface area contributed by atoms with Gasteiger partial charge in [-0.15, -0.1) is 0 Å². The van der Waals surface area contributed by atoms with E-state index in [9.17, 15) is 0 Å². The fourth-order valence-corrected chi connectivity index (χ4v) is 2.72. The Hall–Kier alpha value is -1.37. The van der Waals surface area contributed by atoms with E-state index in [1.165, 1.54) is 11.5 Å². The molecule has 2 aromatic rings. The summed E-state index contributed by atoms with van der Waals surface area (Å²) in [5.41, 5.74) is 1.20. The minimum absolute atomic E-state index is 0.0772. The predicted octanol–water partition coefficient (Wildman–Crippen LogP) is 2.49. The lowest BCUT2D eigenvalue weighted by Crippen LogP contribution is -2.46. The highest BCUT2D eigenvalue weighted by atomic mass is 32.1. The Balaban J connectivity index is 1.57. The van der Waals surface area contributed by atoms with Crippen LogP contribution in [0.3, 0.4) is 0 Å². The number of ether oxygens (including phenoxy) is 1. The van der Waals surface area contributed by atoms with E-state index in [2.05, 4.69) is 18.2 Å². The molecule has 0 radical (unpaired) electrons. The van der Waals surface area contributed by atoms with Crippen LogP contribution in [0.5, 0.6) is 5.88 Å². The van der Waals surface area contributed by atoms with Crippen molar-refractivity contribution in [1.82, 2.24) is 4.37 Å². The molecule has 1 aromatic heterocycles. The predicted molar refractivity (Wildman–Crippen MR) is 84.0 cm³/mol. The van der Waals surface area contributed by atoms with Crippen molar-refractivity contribution in [2.45, 2.75) is 20.5 Å². The Labute approximate surface area is 129 Å². The summed E-state index contributed by atoms with van der Waals surface area (Å²) in [7, 11) is -0.315. The van der Waals surface area contributed by atoms with Crippen molar-refractivity contribution in [3.8, 4) is 5.88 Å². The first-order valence-corrected chi connectivity index (χ1v) is 7.76. The molecule has 1 saturated heterocycles. The van der Waals surface area contributed by atoms with Gasteiger partial charge in [-0.3, -0.25) is 0 Å². The second-order valence-electron chi connectivity index (χ2n) is 5.96. The van der Waals surface area contributed by atoms with E-state index in [4.69, 9.17) is 14.0 Å². The Morgan fingerprint density at radius 3 is 2.67 bits per heavy atom. The smallest absolute Gasteiger partial charge is 0.472 e. The van der Waals surface area contributed by atoms with Crippen molar-refractivity contribution in [2.24, 2.45) is 5.41 Å². The number of aromatic nitrogens is 1. The van der Waals surface area contributed by atoms with Gasteiger partial charge in [-0.2, -0.15) is 4.37 Å². The van der Waals surface area contributed by atoms with Gasteiger partial charge in [0, 0.05) is 24.7 Å². The lowest BCUT2D eigenvalue weighted by atomic mass is 9.82. The minimum Gasteiger partial charge on any atom is -0.472 e. The van der Waals surface area contributed by atoms with E-state index < -0.39 is 0 Å². The summed E-state index contributed by atoms with van der Waals surface area (Å²) >= 11 is 1.37. The standard InChI is InChI=1S/C15H18BNO3S/c1-15(2)10-19-16(20-11-15)13-8-14(17-21-13)18-9-12-6-4-3-5-7-12/h3-8H,9-11H2,1-2H3. The highest BCUT2D eigenvalue weighted by molar-refractivity contribution is 7.17. The van der Waals surface area contributed by atoms with E-state index in [1.54, 1.807) is 0 Å². The van der Waals surface area contributed by atoms with E-state index in [-0.39, 0.29) is 12.5 Å². The third-order valence-corrected chi connectivity index (χ3v) is 4.01. The topological polar surface area (TPSA) is 40.6 Å². The quantitative estimate of drug-likeness (QED) is 0.814. The fourth-order valence-electron chi connectivity index (χ4n) is 2.04. The molecule has 0 saturated carbocycles. The van der Waals surface area contributed by atoms with Crippen molar-refractivity contribution in [1.29, 1.82) is 0 Å². The van der Waals surface area contributed by atoms with Gasteiger partial charge in [0.25, 0.3) is 0 Å². The molecule has 0 N–H and O–H groups in total. The Bertz CT molecular complexity index is 578. The number of rotatable bonds is 4. The zero-order valence-corrected chi connectivity index (χ0v) is 13.1. The van der Waals surface area contributed by atoms with Gasteiger partial charge in [0.2, 0.25) is 5.88 Å². The van der Waals surface area contributed by atoms with Crippen LogP contribution < -0.4 is 9.51 Å². The van der Waals surface area contributed by atoms with Crippen LogP contribution in [-0.4, -0.2) is 24.7 Å². The molecule has 21 heavy (non-hydrogen) atoms. The van der Waals surface area contributed by atoms with Gasteiger partial charge in [0.1, 0.15) is 6.61 Å². The van der Waals surface area contributed by atoms with Crippen LogP contribution in [0.4, 0.5) is 0 Å². The van der Waals surface area contributed by atoms with Crippen molar-refractivity contribution in [3.05, 3.63) is 42.0 Å². The number of nitrogens with zero attached hydrogens (tertiary/aromatic N) is 1. The largest absolute Gasteiger partial charge is 0.506 e.